The van der Waals surface area contributed by atoms with Crippen molar-refractivity contribution in [3.05, 3.63) is 29.8 Å². The van der Waals surface area contributed by atoms with Crippen molar-refractivity contribution in [1.29, 1.82) is 0 Å². The minimum Gasteiger partial charge on any atom is -0.494 e. The molecule has 138 valence electrons. The van der Waals surface area contributed by atoms with Crippen molar-refractivity contribution in [3.8, 4) is 5.75 Å². The lowest BCUT2D eigenvalue weighted by molar-refractivity contribution is -0.139. The molecular weight excluding hydrogens is 314 g/mol. The third kappa shape index (κ3) is 4.33. The number of hydrogen-bond acceptors (Lipinski definition) is 4. The Morgan fingerprint density at radius 2 is 2.04 bits per heavy atom. The summed E-state index contributed by atoms with van der Waals surface area (Å²) in [5, 5.41) is 3.39. The van der Waals surface area contributed by atoms with Gasteiger partial charge in [-0.25, -0.2) is 0 Å². The number of amides is 1. The summed E-state index contributed by atoms with van der Waals surface area (Å²) in [6.45, 7) is 10.2. The van der Waals surface area contributed by atoms with E-state index in [0.717, 1.165) is 57.0 Å². The van der Waals surface area contributed by atoms with Crippen LogP contribution in [-0.2, 0) is 4.79 Å². The molecule has 0 spiro atoms. The number of nitrogens with zero attached hydrogens (tertiary/aromatic N) is 2. The van der Waals surface area contributed by atoms with Crippen LogP contribution in [-0.4, -0.2) is 61.6 Å². The van der Waals surface area contributed by atoms with E-state index in [-0.39, 0.29) is 11.9 Å². The Morgan fingerprint density at radius 1 is 1.28 bits per heavy atom. The van der Waals surface area contributed by atoms with Gasteiger partial charge >= 0.3 is 0 Å². The van der Waals surface area contributed by atoms with Crippen molar-refractivity contribution < 1.29 is 9.53 Å². The zero-order valence-electron chi connectivity index (χ0n) is 15.5. The van der Waals surface area contributed by atoms with Crippen LogP contribution < -0.4 is 10.1 Å². The highest BCUT2D eigenvalue weighted by molar-refractivity contribution is 5.84. The van der Waals surface area contributed by atoms with Gasteiger partial charge in [0.05, 0.1) is 6.61 Å². The number of nitrogens with one attached hydrogen (secondary N) is 1. The Bertz CT molecular complexity index is 572. The molecule has 2 aliphatic rings. The lowest BCUT2D eigenvalue weighted by Gasteiger charge is -2.39. The zero-order chi connectivity index (χ0) is 17.6. The Balaban J connectivity index is 1.91. The fourth-order valence-electron chi connectivity index (χ4n) is 3.98. The van der Waals surface area contributed by atoms with Crippen LogP contribution in [0.1, 0.15) is 38.3 Å². The minimum absolute atomic E-state index is 0.237. The first-order valence-electron chi connectivity index (χ1n) is 9.66. The summed E-state index contributed by atoms with van der Waals surface area (Å²) >= 11 is 0. The summed E-state index contributed by atoms with van der Waals surface area (Å²) in [5.74, 6) is 1.66. The van der Waals surface area contributed by atoms with Crippen LogP contribution in [0.3, 0.4) is 0 Å². The van der Waals surface area contributed by atoms with E-state index in [0.29, 0.717) is 12.5 Å². The fourth-order valence-corrected chi connectivity index (χ4v) is 3.98. The summed E-state index contributed by atoms with van der Waals surface area (Å²) in [6.07, 6.45) is 2.33. The molecule has 0 aromatic heterocycles. The van der Waals surface area contributed by atoms with E-state index in [1.807, 2.05) is 25.1 Å². The predicted molar refractivity (Wildman–Crippen MR) is 99.8 cm³/mol. The maximum atomic E-state index is 13.5. The number of hydrogen-bond donors (Lipinski definition) is 1. The van der Waals surface area contributed by atoms with E-state index in [2.05, 4.69) is 28.1 Å². The Kier molecular flexibility index (Phi) is 6.32. The number of rotatable bonds is 5. The molecule has 0 radical (unpaired) electrons. The number of ether oxygens (including phenoxy) is 1. The molecule has 5 nitrogen and oxygen atoms in total. The van der Waals surface area contributed by atoms with Crippen molar-refractivity contribution >= 4 is 5.91 Å². The largest absolute Gasteiger partial charge is 0.494 e. The number of carbonyl (C=O) groups is 1. The van der Waals surface area contributed by atoms with Gasteiger partial charge in [-0.3, -0.25) is 9.69 Å². The first-order chi connectivity index (χ1) is 12.2. The molecular formula is C20H31N3O2. The fraction of sp³-hybridized carbons (Fsp3) is 0.650. The van der Waals surface area contributed by atoms with Gasteiger partial charge in [-0.2, -0.15) is 0 Å². The van der Waals surface area contributed by atoms with Gasteiger partial charge in [0, 0.05) is 44.8 Å². The van der Waals surface area contributed by atoms with Gasteiger partial charge in [-0.15, -0.1) is 0 Å². The summed E-state index contributed by atoms with van der Waals surface area (Å²) in [6, 6.07) is 7.80. The Labute approximate surface area is 151 Å². The molecule has 2 saturated heterocycles. The van der Waals surface area contributed by atoms with Gasteiger partial charge in [0.15, 0.2) is 0 Å². The van der Waals surface area contributed by atoms with Gasteiger partial charge in [-0.1, -0.05) is 25.1 Å². The molecule has 3 rings (SSSR count). The average molecular weight is 345 g/mol. The predicted octanol–water partition coefficient (Wildman–Crippen LogP) is 2.29. The quantitative estimate of drug-likeness (QED) is 0.889. The van der Waals surface area contributed by atoms with E-state index in [4.69, 9.17) is 4.74 Å². The maximum absolute atomic E-state index is 13.5. The second kappa shape index (κ2) is 8.68. The maximum Gasteiger partial charge on any atom is 0.244 e. The molecule has 2 atom stereocenters. The molecule has 0 saturated carbocycles. The van der Waals surface area contributed by atoms with Crippen LogP contribution in [0.15, 0.2) is 24.3 Å². The lowest BCUT2D eigenvalue weighted by Crippen LogP contribution is -2.51. The van der Waals surface area contributed by atoms with Gasteiger partial charge in [-0.05, 0) is 31.7 Å². The van der Waals surface area contributed by atoms with E-state index in [9.17, 15) is 4.79 Å². The average Bonchev–Trinajstić information content (AvgIpc) is 2.64. The molecule has 2 fully saturated rings. The van der Waals surface area contributed by atoms with Crippen LogP contribution in [0.4, 0.5) is 0 Å². The zero-order valence-corrected chi connectivity index (χ0v) is 15.5. The number of para-hydroxylation sites is 1. The number of likely N-dealkylation sites (tertiary alicyclic amines) is 1. The summed E-state index contributed by atoms with van der Waals surface area (Å²) < 4.78 is 5.85. The van der Waals surface area contributed by atoms with Crippen LogP contribution in [0.2, 0.25) is 0 Å². The topological polar surface area (TPSA) is 44.8 Å². The van der Waals surface area contributed by atoms with Crippen molar-refractivity contribution in [1.82, 2.24) is 15.1 Å². The molecule has 2 aliphatic heterocycles. The minimum atomic E-state index is -0.241. The highest BCUT2D eigenvalue weighted by Gasteiger charge is 2.35. The van der Waals surface area contributed by atoms with Gasteiger partial charge in [0.1, 0.15) is 11.8 Å². The lowest BCUT2D eigenvalue weighted by atomic mass is 9.96. The molecule has 2 unspecified atom stereocenters. The van der Waals surface area contributed by atoms with Crippen molar-refractivity contribution in [3.63, 3.8) is 0 Å². The van der Waals surface area contributed by atoms with E-state index in [1.54, 1.807) is 0 Å². The third-order valence-electron chi connectivity index (χ3n) is 5.23. The van der Waals surface area contributed by atoms with Crippen LogP contribution in [0, 0.1) is 5.92 Å². The standard InChI is InChI=1S/C20H31N3O2/c1-3-25-18-9-5-4-8-17(18)19(22-13-10-21-11-14-22)20(24)23-12-6-7-16(2)15-23/h4-5,8-9,16,19,21H,3,6-7,10-15H2,1-2H3. The van der Waals surface area contributed by atoms with Crippen LogP contribution >= 0.6 is 0 Å². The molecule has 1 aromatic carbocycles. The number of benzene rings is 1. The normalized spacial score (nSPS) is 23.3. The van der Waals surface area contributed by atoms with E-state index >= 15 is 0 Å². The molecule has 2 heterocycles. The smallest absolute Gasteiger partial charge is 0.244 e. The molecule has 0 bridgehead atoms. The molecule has 1 aromatic rings. The Hall–Kier alpha value is -1.59. The first-order valence-corrected chi connectivity index (χ1v) is 9.66. The highest BCUT2D eigenvalue weighted by atomic mass is 16.5. The summed E-state index contributed by atoms with van der Waals surface area (Å²) in [5.41, 5.74) is 1.01. The van der Waals surface area contributed by atoms with E-state index in [1.165, 1.54) is 6.42 Å². The molecule has 5 heteroatoms. The molecule has 0 aliphatic carbocycles. The third-order valence-corrected chi connectivity index (χ3v) is 5.23. The van der Waals surface area contributed by atoms with Gasteiger partial charge in [0.2, 0.25) is 5.91 Å². The number of piperazine rings is 1. The number of piperidine rings is 1. The highest BCUT2D eigenvalue weighted by Crippen LogP contribution is 2.32. The summed E-state index contributed by atoms with van der Waals surface area (Å²) in [4.78, 5) is 17.9. The van der Waals surface area contributed by atoms with Crippen molar-refractivity contribution in [2.75, 3.05) is 45.9 Å². The van der Waals surface area contributed by atoms with Crippen molar-refractivity contribution in [2.45, 2.75) is 32.7 Å². The summed E-state index contributed by atoms with van der Waals surface area (Å²) in [7, 11) is 0. The second-order valence-corrected chi connectivity index (χ2v) is 7.19. The number of carbonyl (C=O) groups excluding carboxylic acids is 1. The van der Waals surface area contributed by atoms with Gasteiger partial charge < -0.3 is 15.0 Å². The monoisotopic (exact) mass is 345 g/mol. The van der Waals surface area contributed by atoms with Crippen LogP contribution in [0.25, 0.3) is 0 Å². The van der Waals surface area contributed by atoms with Crippen molar-refractivity contribution in [2.24, 2.45) is 5.92 Å². The molecule has 25 heavy (non-hydrogen) atoms. The van der Waals surface area contributed by atoms with Gasteiger partial charge in [0.25, 0.3) is 0 Å². The van der Waals surface area contributed by atoms with E-state index < -0.39 is 0 Å². The molecule has 1 N–H and O–H groups in total. The second-order valence-electron chi connectivity index (χ2n) is 7.19. The Morgan fingerprint density at radius 3 is 2.76 bits per heavy atom. The molecule has 1 amide bonds. The van der Waals surface area contributed by atoms with Crippen LogP contribution in [0.5, 0.6) is 5.75 Å². The SMILES string of the molecule is CCOc1ccccc1C(C(=O)N1CCCC(C)C1)N1CCNCC1. The first kappa shape index (κ1) is 18.2.